The Bertz CT molecular complexity index is 330. The molecule has 1 aromatic carbocycles. The molecule has 1 aromatic rings. The lowest BCUT2D eigenvalue weighted by Crippen LogP contribution is -2.09. The zero-order chi connectivity index (χ0) is 12.0. The molecule has 0 amide bonds. The van der Waals surface area contributed by atoms with Crippen LogP contribution in [0.1, 0.15) is 38.2 Å². The van der Waals surface area contributed by atoms with Crippen molar-refractivity contribution >= 4 is 5.97 Å². The molecule has 1 rings (SSSR count). The van der Waals surface area contributed by atoms with Crippen molar-refractivity contribution in [3.05, 3.63) is 29.8 Å². The van der Waals surface area contributed by atoms with Crippen LogP contribution in [0.3, 0.4) is 0 Å². The molecular formula is C13H18O3. The second-order valence-corrected chi connectivity index (χ2v) is 3.94. The van der Waals surface area contributed by atoms with E-state index in [0.29, 0.717) is 11.7 Å². The van der Waals surface area contributed by atoms with Gasteiger partial charge in [0.05, 0.1) is 0 Å². The standard InChI is InChI=1S/C13H18O3/c1-3-4-10(2)11-5-7-12(8-6-11)16-9-13(14)15/h5-8,10H,3-4,9H2,1-2H3,(H,14,15). The Hall–Kier alpha value is -1.51. The van der Waals surface area contributed by atoms with Gasteiger partial charge < -0.3 is 9.84 Å². The molecule has 16 heavy (non-hydrogen) atoms. The summed E-state index contributed by atoms with van der Waals surface area (Å²) in [5.41, 5.74) is 1.27. The number of rotatable bonds is 6. The number of carbonyl (C=O) groups is 1. The second kappa shape index (κ2) is 6.16. The van der Waals surface area contributed by atoms with Crippen LogP contribution in [0.25, 0.3) is 0 Å². The third-order valence-electron chi connectivity index (χ3n) is 2.53. The highest BCUT2D eigenvalue weighted by Gasteiger charge is 2.04. The molecule has 3 heteroatoms. The van der Waals surface area contributed by atoms with Crippen molar-refractivity contribution in [1.29, 1.82) is 0 Å². The summed E-state index contributed by atoms with van der Waals surface area (Å²) in [6.07, 6.45) is 2.33. The summed E-state index contributed by atoms with van der Waals surface area (Å²) in [4.78, 5) is 10.3. The van der Waals surface area contributed by atoms with Crippen molar-refractivity contribution < 1.29 is 14.6 Å². The maximum Gasteiger partial charge on any atom is 0.341 e. The summed E-state index contributed by atoms with van der Waals surface area (Å²) in [7, 11) is 0. The van der Waals surface area contributed by atoms with Gasteiger partial charge >= 0.3 is 5.97 Å². The third kappa shape index (κ3) is 3.93. The number of carboxylic acid groups (broad SMARTS) is 1. The van der Waals surface area contributed by atoms with E-state index in [-0.39, 0.29) is 6.61 Å². The van der Waals surface area contributed by atoms with Crippen LogP contribution in [0.4, 0.5) is 0 Å². The van der Waals surface area contributed by atoms with Crippen LogP contribution in [-0.4, -0.2) is 17.7 Å². The van der Waals surface area contributed by atoms with Crippen molar-refractivity contribution in [2.75, 3.05) is 6.61 Å². The molecule has 0 bridgehead atoms. The average molecular weight is 222 g/mol. The Balaban J connectivity index is 2.57. The summed E-state index contributed by atoms with van der Waals surface area (Å²) in [6, 6.07) is 7.64. The summed E-state index contributed by atoms with van der Waals surface area (Å²) >= 11 is 0. The minimum Gasteiger partial charge on any atom is -0.482 e. The SMILES string of the molecule is CCCC(C)c1ccc(OCC(=O)O)cc1. The van der Waals surface area contributed by atoms with Crippen molar-refractivity contribution in [3.63, 3.8) is 0 Å². The first-order valence-corrected chi connectivity index (χ1v) is 5.58. The molecule has 0 aliphatic heterocycles. The van der Waals surface area contributed by atoms with Crippen LogP contribution in [0.15, 0.2) is 24.3 Å². The van der Waals surface area contributed by atoms with Gasteiger partial charge in [-0.05, 0) is 30.0 Å². The van der Waals surface area contributed by atoms with Gasteiger partial charge in [0.2, 0.25) is 0 Å². The number of ether oxygens (including phenoxy) is 1. The molecular weight excluding hydrogens is 204 g/mol. The minimum absolute atomic E-state index is 0.288. The van der Waals surface area contributed by atoms with Gasteiger partial charge in [0.25, 0.3) is 0 Å². The van der Waals surface area contributed by atoms with Gasteiger partial charge in [-0.2, -0.15) is 0 Å². The predicted octanol–water partition coefficient (Wildman–Crippen LogP) is 3.05. The van der Waals surface area contributed by atoms with Gasteiger partial charge in [0.15, 0.2) is 6.61 Å². The molecule has 0 aliphatic rings. The zero-order valence-corrected chi connectivity index (χ0v) is 9.77. The van der Waals surface area contributed by atoms with E-state index in [1.807, 2.05) is 24.3 Å². The van der Waals surface area contributed by atoms with E-state index in [2.05, 4.69) is 13.8 Å². The van der Waals surface area contributed by atoms with E-state index < -0.39 is 5.97 Å². The molecule has 3 nitrogen and oxygen atoms in total. The van der Waals surface area contributed by atoms with Crippen LogP contribution >= 0.6 is 0 Å². The second-order valence-electron chi connectivity index (χ2n) is 3.94. The van der Waals surface area contributed by atoms with Gasteiger partial charge in [0.1, 0.15) is 5.75 Å². The van der Waals surface area contributed by atoms with Gasteiger partial charge in [-0.25, -0.2) is 4.79 Å². The van der Waals surface area contributed by atoms with Crippen LogP contribution in [-0.2, 0) is 4.79 Å². The van der Waals surface area contributed by atoms with Gasteiger partial charge in [-0.1, -0.05) is 32.4 Å². The molecule has 1 N–H and O–H groups in total. The molecule has 0 radical (unpaired) electrons. The predicted molar refractivity (Wildman–Crippen MR) is 62.9 cm³/mol. The number of hydrogen-bond acceptors (Lipinski definition) is 2. The maximum atomic E-state index is 10.3. The quantitative estimate of drug-likeness (QED) is 0.804. The van der Waals surface area contributed by atoms with Crippen LogP contribution in [0.2, 0.25) is 0 Å². The Labute approximate surface area is 96.1 Å². The molecule has 1 unspecified atom stereocenters. The normalized spacial score (nSPS) is 12.1. The Kier molecular flexibility index (Phi) is 4.83. The average Bonchev–Trinajstić information content (AvgIpc) is 2.27. The molecule has 0 saturated carbocycles. The topological polar surface area (TPSA) is 46.5 Å². The third-order valence-corrected chi connectivity index (χ3v) is 2.53. The van der Waals surface area contributed by atoms with Crippen molar-refractivity contribution in [1.82, 2.24) is 0 Å². The molecule has 0 aliphatic carbocycles. The molecule has 0 spiro atoms. The summed E-state index contributed by atoms with van der Waals surface area (Å²) < 4.78 is 5.06. The first-order chi connectivity index (χ1) is 7.63. The lowest BCUT2D eigenvalue weighted by Gasteiger charge is -2.11. The van der Waals surface area contributed by atoms with Gasteiger partial charge in [0, 0.05) is 0 Å². The molecule has 88 valence electrons. The van der Waals surface area contributed by atoms with E-state index >= 15 is 0 Å². The Morgan fingerprint density at radius 3 is 2.50 bits per heavy atom. The van der Waals surface area contributed by atoms with E-state index in [9.17, 15) is 4.79 Å². The van der Waals surface area contributed by atoms with E-state index in [1.165, 1.54) is 12.0 Å². The fourth-order valence-electron chi connectivity index (χ4n) is 1.64. The van der Waals surface area contributed by atoms with Crippen molar-refractivity contribution in [2.45, 2.75) is 32.6 Å². The number of aliphatic carboxylic acids is 1. The first-order valence-electron chi connectivity index (χ1n) is 5.58. The largest absolute Gasteiger partial charge is 0.482 e. The molecule has 0 heterocycles. The zero-order valence-electron chi connectivity index (χ0n) is 9.77. The fraction of sp³-hybridized carbons (Fsp3) is 0.462. The number of carboxylic acids is 1. The monoisotopic (exact) mass is 222 g/mol. The lowest BCUT2D eigenvalue weighted by molar-refractivity contribution is -0.139. The van der Waals surface area contributed by atoms with Crippen LogP contribution in [0, 0.1) is 0 Å². The first kappa shape index (κ1) is 12.6. The molecule has 0 fully saturated rings. The summed E-state index contributed by atoms with van der Waals surface area (Å²) in [5.74, 6) is 0.191. The summed E-state index contributed by atoms with van der Waals surface area (Å²) in [5, 5.41) is 8.46. The fourth-order valence-corrected chi connectivity index (χ4v) is 1.64. The maximum absolute atomic E-state index is 10.3. The molecule has 1 atom stereocenters. The number of hydrogen-bond donors (Lipinski definition) is 1. The van der Waals surface area contributed by atoms with Crippen molar-refractivity contribution in [3.8, 4) is 5.75 Å². The Morgan fingerprint density at radius 2 is 2.00 bits per heavy atom. The highest BCUT2D eigenvalue weighted by molar-refractivity contribution is 5.68. The highest BCUT2D eigenvalue weighted by atomic mass is 16.5. The lowest BCUT2D eigenvalue weighted by atomic mass is 9.97. The minimum atomic E-state index is -0.955. The Morgan fingerprint density at radius 1 is 1.38 bits per heavy atom. The van der Waals surface area contributed by atoms with Gasteiger partial charge in [-0.3, -0.25) is 0 Å². The molecule has 0 aromatic heterocycles. The highest BCUT2D eigenvalue weighted by Crippen LogP contribution is 2.22. The number of benzene rings is 1. The smallest absolute Gasteiger partial charge is 0.341 e. The van der Waals surface area contributed by atoms with Gasteiger partial charge in [-0.15, -0.1) is 0 Å². The summed E-state index contributed by atoms with van der Waals surface area (Å²) in [6.45, 7) is 4.07. The van der Waals surface area contributed by atoms with Crippen LogP contribution in [0.5, 0.6) is 5.75 Å². The molecule has 0 saturated heterocycles. The van der Waals surface area contributed by atoms with Crippen molar-refractivity contribution in [2.24, 2.45) is 0 Å². The van der Waals surface area contributed by atoms with E-state index in [1.54, 1.807) is 0 Å². The van der Waals surface area contributed by atoms with E-state index in [0.717, 1.165) is 6.42 Å². The van der Waals surface area contributed by atoms with Crippen LogP contribution < -0.4 is 4.74 Å². The van der Waals surface area contributed by atoms with E-state index in [4.69, 9.17) is 9.84 Å².